The van der Waals surface area contributed by atoms with E-state index < -0.39 is 29.1 Å². The van der Waals surface area contributed by atoms with Gasteiger partial charge in [0.15, 0.2) is 0 Å². The van der Waals surface area contributed by atoms with Crippen LogP contribution in [0.25, 0.3) is 0 Å². The summed E-state index contributed by atoms with van der Waals surface area (Å²) in [5.41, 5.74) is 3.53. The van der Waals surface area contributed by atoms with Gasteiger partial charge in [-0.3, -0.25) is 9.59 Å². The van der Waals surface area contributed by atoms with Crippen molar-refractivity contribution < 1.29 is 31.5 Å². The smallest absolute Gasteiger partial charge is 0.327 e. The number of carbonyl (C=O) groups excluding carboxylic acids is 2. The van der Waals surface area contributed by atoms with E-state index in [1.165, 1.54) is 12.8 Å². The Kier molecular flexibility index (Phi) is 9.40. The Morgan fingerprint density at radius 1 is 0.939 bits per heavy atom. The highest BCUT2D eigenvalue weighted by Gasteiger charge is 2.34. The van der Waals surface area contributed by atoms with Gasteiger partial charge < -0.3 is 11.1 Å². The van der Waals surface area contributed by atoms with Gasteiger partial charge in [0.25, 0.3) is 5.92 Å². The van der Waals surface area contributed by atoms with E-state index in [9.17, 15) is 31.5 Å². The molecule has 0 heterocycles. The molecule has 9 heteroatoms. The first-order valence-corrected chi connectivity index (χ1v) is 11.4. The maximum absolute atomic E-state index is 13.4. The van der Waals surface area contributed by atoms with Gasteiger partial charge in [0, 0.05) is 36.6 Å². The molecular formula is C24H33F5N2O2. The summed E-state index contributed by atoms with van der Waals surface area (Å²) in [7, 11) is 0. The molecule has 2 saturated carbocycles. The Hall–Kier alpha value is -2.03. The zero-order chi connectivity index (χ0) is 24.8. The average molecular weight is 477 g/mol. The average Bonchev–Trinajstić information content (AvgIpc) is 3.20. The van der Waals surface area contributed by atoms with Crippen molar-refractivity contribution in [3.8, 4) is 0 Å². The molecule has 0 aliphatic heterocycles. The molecule has 2 aliphatic carbocycles. The van der Waals surface area contributed by atoms with Crippen LogP contribution in [0.1, 0.15) is 82.8 Å². The molecule has 0 aromatic heterocycles. The van der Waals surface area contributed by atoms with Crippen molar-refractivity contribution >= 4 is 17.4 Å². The third kappa shape index (κ3) is 8.68. The summed E-state index contributed by atoms with van der Waals surface area (Å²) in [6.07, 6.45) is 3.76. The van der Waals surface area contributed by atoms with Gasteiger partial charge in [0.05, 0.1) is 5.56 Å². The van der Waals surface area contributed by atoms with Gasteiger partial charge in [-0.05, 0) is 56.7 Å². The lowest BCUT2D eigenvalue weighted by atomic mass is 9.83. The van der Waals surface area contributed by atoms with E-state index in [-0.39, 0.29) is 35.8 Å². The van der Waals surface area contributed by atoms with Crippen molar-refractivity contribution in [3.63, 3.8) is 0 Å². The molecule has 1 aromatic rings. The number of rotatable bonds is 5. The minimum absolute atomic E-state index is 0.145. The lowest BCUT2D eigenvalue weighted by molar-refractivity contribution is -0.137. The van der Waals surface area contributed by atoms with E-state index in [0.29, 0.717) is 19.1 Å². The maximum atomic E-state index is 13.4. The topological polar surface area (TPSA) is 72.2 Å². The van der Waals surface area contributed by atoms with Crippen molar-refractivity contribution in [1.29, 1.82) is 0 Å². The standard InChI is InChI=1S/C16H18F5NO.C8H15NO/c1-15(17,18)11-7-12(16(19,20)21)9-13(8-11)22-14(23)6-10-4-2-3-5-10;1-6(10)7-4-2-3-5-8(7)9/h7-10H,2-6H2,1H3,(H,22,23);7-8H,2-5,9H2,1H3/t;7-,8+/m.1/s1. The zero-order valence-electron chi connectivity index (χ0n) is 19.1. The Morgan fingerprint density at radius 3 is 1.97 bits per heavy atom. The summed E-state index contributed by atoms with van der Waals surface area (Å²) in [5.74, 6) is -3.22. The molecule has 3 rings (SSSR count). The van der Waals surface area contributed by atoms with Crippen LogP contribution in [0.5, 0.6) is 0 Å². The predicted molar refractivity (Wildman–Crippen MR) is 117 cm³/mol. The number of benzene rings is 1. The van der Waals surface area contributed by atoms with Crippen molar-refractivity contribution in [1.82, 2.24) is 0 Å². The summed E-state index contributed by atoms with van der Waals surface area (Å²) in [4.78, 5) is 22.8. The predicted octanol–water partition coefficient (Wildman–Crippen LogP) is 6.43. The molecule has 0 saturated heterocycles. The number of nitrogens with one attached hydrogen (secondary N) is 1. The van der Waals surface area contributed by atoms with E-state index in [2.05, 4.69) is 5.32 Å². The van der Waals surface area contributed by atoms with Crippen LogP contribution in [0.2, 0.25) is 0 Å². The molecular weight excluding hydrogens is 443 g/mol. The molecule has 0 bridgehead atoms. The van der Waals surface area contributed by atoms with Crippen LogP contribution in [-0.2, 0) is 21.7 Å². The van der Waals surface area contributed by atoms with E-state index in [1.54, 1.807) is 6.92 Å². The highest BCUT2D eigenvalue weighted by Crippen LogP contribution is 2.37. The summed E-state index contributed by atoms with van der Waals surface area (Å²) >= 11 is 0. The Balaban J connectivity index is 0.000000321. The van der Waals surface area contributed by atoms with E-state index in [1.807, 2.05) is 0 Å². The third-order valence-corrected chi connectivity index (χ3v) is 6.34. The van der Waals surface area contributed by atoms with Crippen LogP contribution in [0.4, 0.5) is 27.6 Å². The number of ketones is 1. The number of Topliss-reactive ketones (excluding diaryl/α,β-unsaturated/α-hetero) is 1. The van der Waals surface area contributed by atoms with E-state index >= 15 is 0 Å². The molecule has 186 valence electrons. The van der Waals surface area contributed by atoms with Gasteiger partial charge in [-0.15, -0.1) is 0 Å². The summed E-state index contributed by atoms with van der Waals surface area (Å²) < 4.78 is 65.3. The number of alkyl halides is 5. The van der Waals surface area contributed by atoms with E-state index in [4.69, 9.17) is 5.73 Å². The van der Waals surface area contributed by atoms with Crippen LogP contribution in [-0.4, -0.2) is 17.7 Å². The molecule has 4 nitrogen and oxygen atoms in total. The van der Waals surface area contributed by atoms with Crippen molar-refractivity contribution in [2.24, 2.45) is 17.6 Å². The molecule has 0 radical (unpaired) electrons. The van der Waals surface area contributed by atoms with Crippen LogP contribution < -0.4 is 11.1 Å². The minimum atomic E-state index is -4.76. The van der Waals surface area contributed by atoms with Crippen LogP contribution >= 0.6 is 0 Å². The number of anilines is 1. The second-order valence-electron chi connectivity index (χ2n) is 9.25. The van der Waals surface area contributed by atoms with Crippen LogP contribution in [0, 0.1) is 11.8 Å². The van der Waals surface area contributed by atoms with Gasteiger partial charge in [-0.2, -0.15) is 13.2 Å². The Bertz CT molecular complexity index is 782. The number of halogens is 5. The van der Waals surface area contributed by atoms with Gasteiger partial charge in [-0.25, -0.2) is 8.78 Å². The molecule has 2 fully saturated rings. The zero-order valence-corrected chi connectivity index (χ0v) is 19.1. The largest absolute Gasteiger partial charge is 0.416 e. The first kappa shape index (κ1) is 27.2. The molecule has 33 heavy (non-hydrogen) atoms. The first-order chi connectivity index (χ1) is 15.3. The SMILES string of the molecule is CC(=O)[C@H]1CCCC[C@@H]1N.CC(F)(F)c1cc(NC(=O)CC2CCCC2)cc(C(F)(F)F)c1. The van der Waals surface area contributed by atoms with Crippen LogP contribution in [0.3, 0.4) is 0 Å². The summed E-state index contributed by atoms with van der Waals surface area (Å²) in [6.45, 7) is 2.17. The van der Waals surface area contributed by atoms with Gasteiger partial charge in [-0.1, -0.05) is 25.7 Å². The van der Waals surface area contributed by atoms with Crippen LogP contribution in [0.15, 0.2) is 18.2 Å². The quantitative estimate of drug-likeness (QED) is 0.481. The monoisotopic (exact) mass is 476 g/mol. The summed E-state index contributed by atoms with van der Waals surface area (Å²) in [6, 6.07) is 2.13. The van der Waals surface area contributed by atoms with Gasteiger partial charge >= 0.3 is 6.18 Å². The fourth-order valence-corrected chi connectivity index (χ4v) is 4.47. The molecule has 3 N–H and O–H groups in total. The van der Waals surface area contributed by atoms with Crippen molar-refractivity contribution in [3.05, 3.63) is 29.3 Å². The fraction of sp³-hybridized carbons (Fsp3) is 0.667. The minimum Gasteiger partial charge on any atom is -0.327 e. The number of hydrogen-bond acceptors (Lipinski definition) is 3. The maximum Gasteiger partial charge on any atom is 0.416 e. The summed E-state index contributed by atoms with van der Waals surface area (Å²) in [5, 5.41) is 2.32. The van der Waals surface area contributed by atoms with E-state index in [0.717, 1.165) is 44.6 Å². The van der Waals surface area contributed by atoms with Crippen molar-refractivity contribution in [2.45, 2.75) is 89.8 Å². The lowest BCUT2D eigenvalue weighted by Gasteiger charge is -2.25. The number of nitrogens with two attached hydrogens (primary N) is 1. The Morgan fingerprint density at radius 2 is 1.48 bits per heavy atom. The highest BCUT2D eigenvalue weighted by atomic mass is 19.4. The third-order valence-electron chi connectivity index (χ3n) is 6.34. The molecule has 2 aliphatic rings. The molecule has 2 atom stereocenters. The van der Waals surface area contributed by atoms with Crippen molar-refractivity contribution in [2.75, 3.05) is 5.32 Å². The second-order valence-corrected chi connectivity index (χ2v) is 9.25. The Labute approximate surface area is 191 Å². The highest BCUT2D eigenvalue weighted by molar-refractivity contribution is 5.91. The number of carbonyl (C=O) groups is 2. The molecule has 0 unspecified atom stereocenters. The number of hydrogen-bond donors (Lipinski definition) is 2. The van der Waals surface area contributed by atoms with Gasteiger partial charge in [0.1, 0.15) is 5.78 Å². The number of amides is 1. The lowest BCUT2D eigenvalue weighted by Crippen LogP contribution is -2.36. The molecule has 1 aromatic carbocycles. The normalized spacial score (nSPS) is 21.8. The van der Waals surface area contributed by atoms with Gasteiger partial charge in [0.2, 0.25) is 5.91 Å². The molecule has 1 amide bonds. The second kappa shape index (κ2) is 11.4. The first-order valence-electron chi connectivity index (χ1n) is 11.4. The molecule has 0 spiro atoms. The fourth-order valence-electron chi connectivity index (χ4n) is 4.47.